The Bertz CT molecular complexity index is 344. The second kappa shape index (κ2) is 2.69. The van der Waals surface area contributed by atoms with Crippen LogP contribution in [0.3, 0.4) is 0 Å². The maximum atomic E-state index is 11.8. The van der Waals surface area contributed by atoms with Crippen LogP contribution in [0.2, 0.25) is 0 Å². The van der Waals surface area contributed by atoms with Gasteiger partial charge in [-0.05, 0) is 25.8 Å². The normalized spacial score (nSPS) is 42.3. The number of hydrogen-bond acceptors (Lipinski definition) is 3. The van der Waals surface area contributed by atoms with Crippen molar-refractivity contribution >= 4 is 10.2 Å². The predicted molar refractivity (Wildman–Crippen MR) is 52.0 cm³/mol. The molecule has 2 aliphatic heterocycles. The molecule has 1 saturated carbocycles. The van der Waals surface area contributed by atoms with Gasteiger partial charge in [-0.25, -0.2) is 4.72 Å². The Morgan fingerprint density at radius 1 is 1.29 bits per heavy atom. The maximum Gasteiger partial charge on any atom is 0.280 e. The number of rotatable bonds is 1. The van der Waals surface area contributed by atoms with E-state index in [9.17, 15) is 8.42 Å². The first kappa shape index (κ1) is 9.08. The van der Waals surface area contributed by atoms with Gasteiger partial charge in [-0.1, -0.05) is 0 Å². The lowest BCUT2D eigenvalue weighted by Crippen LogP contribution is -2.50. The first-order valence-corrected chi connectivity index (χ1v) is 6.58. The summed E-state index contributed by atoms with van der Waals surface area (Å²) in [6.45, 7) is 2.31. The molecule has 6 heteroatoms. The van der Waals surface area contributed by atoms with Crippen molar-refractivity contribution in [2.24, 2.45) is 0 Å². The second-order valence-corrected chi connectivity index (χ2v) is 6.14. The molecular formula is C8H15N3O2S. The monoisotopic (exact) mass is 217 g/mol. The number of nitrogens with one attached hydrogen (secondary N) is 2. The summed E-state index contributed by atoms with van der Waals surface area (Å²) in [7, 11) is -3.17. The smallest absolute Gasteiger partial charge is 0.280 e. The molecule has 5 nitrogen and oxygen atoms in total. The highest BCUT2D eigenvalue weighted by molar-refractivity contribution is 7.87. The van der Waals surface area contributed by atoms with E-state index in [0.29, 0.717) is 6.54 Å². The minimum atomic E-state index is -3.17. The van der Waals surface area contributed by atoms with E-state index in [-0.39, 0.29) is 11.6 Å². The molecule has 3 aliphatic rings. The zero-order chi connectivity index (χ0) is 9.81. The van der Waals surface area contributed by atoms with Crippen LogP contribution in [0, 0.1) is 0 Å². The molecule has 1 unspecified atom stereocenters. The van der Waals surface area contributed by atoms with E-state index >= 15 is 0 Å². The summed E-state index contributed by atoms with van der Waals surface area (Å²) in [5, 5.41) is 3.26. The minimum absolute atomic E-state index is 0.153. The minimum Gasteiger partial charge on any atom is -0.315 e. The summed E-state index contributed by atoms with van der Waals surface area (Å²) in [5.41, 5.74) is -0.153. The highest BCUT2D eigenvalue weighted by atomic mass is 32.2. The molecule has 0 aromatic rings. The molecule has 3 rings (SSSR count). The molecule has 1 aliphatic carbocycles. The lowest BCUT2D eigenvalue weighted by Gasteiger charge is -2.30. The molecule has 0 radical (unpaired) electrons. The average Bonchev–Trinajstić information content (AvgIpc) is 2.75. The van der Waals surface area contributed by atoms with Crippen molar-refractivity contribution in [1.82, 2.24) is 14.3 Å². The van der Waals surface area contributed by atoms with Crippen LogP contribution in [0.5, 0.6) is 0 Å². The van der Waals surface area contributed by atoms with E-state index in [0.717, 1.165) is 32.4 Å². The van der Waals surface area contributed by atoms with Gasteiger partial charge in [-0.2, -0.15) is 12.7 Å². The fraction of sp³-hybridized carbons (Fsp3) is 1.00. The molecule has 2 heterocycles. The van der Waals surface area contributed by atoms with Crippen molar-refractivity contribution in [3.05, 3.63) is 0 Å². The Morgan fingerprint density at radius 2 is 2.07 bits per heavy atom. The zero-order valence-corrected chi connectivity index (χ0v) is 8.81. The SMILES string of the molecule is O=S1(=O)NCC2(CCNC2)N1C1CC1. The van der Waals surface area contributed by atoms with E-state index in [4.69, 9.17) is 0 Å². The first-order chi connectivity index (χ1) is 6.64. The standard InChI is InChI=1S/C8H15N3O2S/c12-14(13)10-6-8(3-4-9-5-8)11(14)7-1-2-7/h7,9-10H,1-6H2. The third-order valence-electron chi connectivity index (χ3n) is 3.41. The Hall–Kier alpha value is -0.170. The number of nitrogens with zero attached hydrogens (tertiary/aromatic N) is 1. The third-order valence-corrected chi connectivity index (χ3v) is 5.12. The van der Waals surface area contributed by atoms with Crippen LogP contribution in [-0.4, -0.2) is 43.9 Å². The zero-order valence-electron chi connectivity index (χ0n) is 7.99. The van der Waals surface area contributed by atoms with Gasteiger partial charge in [0, 0.05) is 19.1 Å². The van der Waals surface area contributed by atoms with Gasteiger partial charge in [0.15, 0.2) is 0 Å². The Balaban J connectivity index is 1.99. The summed E-state index contributed by atoms with van der Waals surface area (Å²) in [5.74, 6) is 0. The van der Waals surface area contributed by atoms with Gasteiger partial charge in [-0.3, -0.25) is 0 Å². The molecule has 1 spiro atoms. The summed E-state index contributed by atoms with van der Waals surface area (Å²) in [6, 6.07) is 0.273. The van der Waals surface area contributed by atoms with Crippen LogP contribution in [-0.2, 0) is 10.2 Å². The quantitative estimate of drug-likeness (QED) is 0.594. The molecular weight excluding hydrogens is 202 g/mol. The van der Waals surface area contributed by atoms with Gasteiger partial charge in [0.1, 0.15) is 0 Å². The van der Waals surface area contributed by atoms with Crippen molar-refractivity contribution in [3.8, 4) is 0 Å². The van der Waals surface area contributed by atoms with Crippen molar-refractivity contribution in [3.63, 3.8) is 0 Å². The molecule has 14 heavy (non-hydrogen) atoms. The predicted octanol–water partition coefficient (Wildman–Crippen LogP) is -0.969. The van der Waals surface area contributed by atoms with Crippen LogP contribution >= 0.6 is 0 Å². The van der Waals surface area contributed by atoms with E-state index < -0.39 is 10.2 Å². The van der Waals surface area contributed by atoms with Crippen molar-refractivity contribution in [2.75, 3.05) is 19.6 Å². The van der Waals surface area contributed by atoms with E-state index in [1.165, 1.54) is 0 Å². The van der Waals surface area contributed by atoms with Crippen LogP contribution in [0.25, 0.3) is 0 Å². The van der Waals surface area contributed by atoms with Gasteiger partial charge >= 0.3 is 0 Å². The lowest BCUT2D eigenvalue weighted by molar-refractivity contribution is 0.230. The third kappa shape index (κ3) is 1.14. The largest absolute Gasteiger partial charge is 0.315 e. The molecule has 0 amide bonds. The van der Waals surface area contributed by atoms with Gasteiger partial charge < -0.3 is 5.32 Å². The van der Waals surface area contributed by atoms with E-state index in [2.05, 4.69) is 10.0 Å². The molecule has 0 bridgehead atoms. The highest BCUT2D eigenvalue weighted by Crippen LogP contribution is 2.40. The fourth-order valence-corrected chi connectivity index (χ4v) is 4.51. The lowest BCUT2D eigenvalue weighted by atomic mass is 9.99. The molecule has 2 saturated heterocycles. The van der Waals surface area contributed by atoms with Gasteiger partial charge in [0.25, 0.3) is 10.2 Å². The topological polar surface area (TPSA) is 61.4 Å². The van der Waals surface area contributed by atoms with Crippen LogP contribution in [0.4, 0.5) is 0 Å². The fourth-order valence-electron chi connectivity index (χ4n) is 2.59. The van der Waals surface area contributed by atoms with Crippen LogP contribution in [0.15, 0.2) is 0 Å². The highest BCUT2D eigenvalue weighted by Gasteiger charge is 2.56. The van der Waals surface area contributed by atoms with Crippen LogP contribution in [0.1, 0.15) is 19.3 Å². The Labute approximate surface area is 84.0 Å². The molecule has 0 aromatic carbocycles. The first-order valence-electron chi connectivity index (χ1n) is 5.14. The molecule has 3 fully saturated rings. The Morgan fingerprint density at radius 3 is 2.64 bits per heavy atom. The van der Waals surface area contributed by atoms with Crippen molar-refractivity contribution in [2.45, 2.75) is 30.8 Å². The second-order valence-electron chi connectivity index (χ2n) is 4.50. The van der Waals surface area contributed by atoms with E-state index in [1.54, 1.807) is 4.31 Å². The van der Waals surface area contributed by atoms with Gasteiger partial charge in [-0.15, -0.1) is 0 Å². The molecule has 2 N–H and O–H groups in total. The molecule has 1 atom stereocenters. The van der Waals surface area contributed by atoms with Crippen molar-refractivity contribution in [1.29, 1.82) is 0 Å². The van der Waals surface area contributed by atoms with Crippen LogP contribution < -0.4 is 10.0 Å². The van der Waals surface area contributed by atoms with Crippen molar-refractivity contribution < 1.29 is 8.42 Å². The summed E-state index contributed by atoms with van der Waals surface area (Å²) in [6.07, 6.45) is 3.00. The van der Waals surface area contributed by atoms with Gasteiger partial charge in [0.2, 0.25) is 0 Å². The van der Waals surface area contributed by atoms with E-state index in [1.807, 2.05) is 0 Å². The average molecular weight is 217 g/mol. The summed E-state index contributed by atoms with van der Waals surface area (Å²) in [4.78, 5) is 0. The molecule has 0 aromatic heterocycles. The Kier molecular flexibility index (Phi) is 1.75. The van der Waals surface area contributed by atoms with Gasteiger partial charge in [0.05, 0.1) is 5.54 Å². The summed E-state index contributed by atoms with van der Waals surface area (Å²) >= 11 is 0. The summed E-state index contributed by atoms with van der Waals surface area (Å²) < 4.78 is 28.0. The maximum absolute atomic E-state index is 11.8. The molecule has 80 valence electrons. The number of hydrogen-bond donors (Lipinski definition) is 2.